The van der Waals surface area contributed by atoms with Crippen molar-refractivity contribution in [1.29, 1.82) is 0 Å². The van der Waals surface area contributed by atoms with Gasteiger partial charge in [0.05, 0.1) is 5.69 Å². The molecule has 0 unspecified atom stereocenters. The molecule has 7 heteroatoms. The highest BCUT2D eigenvalue weighted by Gasteiger charge is 2.21. The van der Waals surface area contributed by atoms with Gasteiger partial charge in [0.1, 0.15) is 24.7 Å². The topological polar surface area (TPSA) is 76.8 Å². The number of anilines is 1. The fraction of sp³-hybridized carbons (Fsp3) is 0.333. The number of likely N-dealkylation sites (tertiary alicyclic amines) is 1. The number of amides is 2. The molecule has 1 saturated heterocycles. The number of benzene rings is 2. The van der Waals surface area contributed by atoms with Gasteiger partial charge in [0.2, 0.25) is 5.88 Å². The first kappa shape index (κ1) is 23.4. The van der Waals surface area contributed by atoms with Gasteiger partial charge in [-0.1, -0.05) is 41.1 Å². The van der Waals surface area contributed by atoms with Gasteiger partial charge in [0, 0.05) is 18.7 Å². The standard InChI is InChI=1S/C27H31N3O4/c1-19-6-4-8-24(16-19)32-14-15-33-25-9-5-7-23(18-25)17-22-10-12-30(13-11-22)27(31)28-26-20(2)21(3)29-34-26/h4-9,16-18H,10-15H2,1-3H3,(H,28,31). The summed E-state index contributed by atoms with van der Waals surface area (Å²) in [6, 6.07) is 15.9. The molecule has 2 heterocycles. The molecule has 0 aliphatic carbocycles. The minimum atomic E-state index is -0.151. The zero-order valence-electron chi connectivity index (χ0n) is 20.0. The lowest BCUT2D eigenvalue weighted by Crippen LogP contribution is -2.39. The highest BCUT2D eigenvalue weighted by molar-refractivity contribution is 5.88. The van der Waals surface area contributed by atoms with Gasteiger partial charge in [0.15, 0.2) is 0 Å². The minimum absolute atomic E-state index is 0.151. The number of hydrogen-bond acceptors (Lipinski definition) is 5. The van der Waals surface area contributed by atoms with E-state index in [2.05, 4.69) is 22.6 Å². The third kappa shape index (κ3) is 6.19. The second-order valence-electron chi connectivity index (χ2n) is 8.53. The monoisotopic (exact) mass is 461 g/mol. The maximum atomic E-state index is 12.6. The number of nitrogens with zero attached hydrogens (tertiary/aromatic N) is 2. The lowest BCUT2D eigenvalue weighted by atomic mass is 10.0. The fourth-order valence-corrected chi connectivity index (χ4v) is 3.80. The van der Waals surface area contributed by atoms with Crippen molar-refractivity contribution in [2.45, 2.75) is 33.6 Å². The second-order valence-corrected chi connectivity index (χ2v) is 8.53. The number of hydrogen-bond donors (Lipinski definition) is 1. The van der Waals surface area contributed by atoms with Crippen LogP contribution in [0.1, 0.15) is 35.2 Å². The number of piperidine rings is 1. The van der Waals surface area contributed by atoms with E-state index in [1.165, 1.54) is 11.1 Å². The molecule has 7 nitrogen and oxygen atoms in total. The SMILES string of the molecule is Cc1cccc(OCCOc2cccc(C=C3CCN(C(=O)Nc4onc(C)c4C)CC3)c2)c1. The van der Waals surface area contributed by atoms with E-state index in [1.807, 2.05) is 68.1 Å². The van der Waals surface area contributed by atoms with Crippen LogP contribution in [-0.2, 0) is 0 Å². The molecule has 0 spiro atoms. The van der Waals surface area contributed by atoms with Crippen LogP contribution < -0.4 is 14.8 Å². The van der Waals surface area contributed by atoms with Crippen LogP contribution in [0.4, 0.5) is 10.7 Å². The van der Waals surface area contributed by atoms with E-state index in [1.54, 1.807) is 0 Å². The van der Waals surface area contributed by atoms with Crippen molar-refractivity contribution in [3.8, 4) is 11.5 Å². The molecule has 0 radical (unpaired) electrons. The van der Waals surface area contributed by atoms with Crippen molar-refractivity contribution in [3.05, 3.63) is 76.5 Å². The highest BCUT2D eigenvalue weighted by Crippen LogP contribution is 2.23. The molecule has 3 aromatic rings. The fourth-order valence-electron chi connectivity index (χ4n) is 3.80. The van der Waals surface area contributed by atoms with E-state index in [0.717, 1.165) is 41.2 Å². The van der Waals surface area contributed by atoms with Crippen LogP contribution in [0, 0.1) is 20.8 Å². The van der Waals surface area contributed by atoms with Crippen LogP contribution >= 0.6 is 0 Å². The van der Waals surface area contributed by atoms with Gasteiger partial charge in [-0.2, -0.15) is 0 Å². The predicted octanol–water partition coefficient (Wildman–Crippen LogP) is 5.77. The molecule has 1 aliphatic rings. The molecule has 0 saturated carbocycles. The molecule has 2 amide bonds. The first-order valence-corrected chi connectivity index (χ1v) is 11.6. The Morgan fingerprint density at radius 3 is 2.35 bits per heavy atom. The van der Waals surface area contributed by atoms with Crippen molar-refractivity contribution in [2.75, 3.05) is 31.6 Å². The average Bonchev–Trinajstić information content (AvgIpc) is 3.15. The number of aryl methyl sites for hydroxylation is 2. The minimum Gasteiger partial charge on any atom is -0.490 e. The normalized spacial score (nSPS) is 13.5. The summed E-state index contributed by atoms with van der Waals surface area (Å²) in [5.41, 5.74) is 5.22. The van der Waals surface area contributed by atoms with Crippen molar-refractivity contribution < 1.29 is 18.8 Å². The Hall–Kier alpha value is -3.74. The van der Waals surface area contributed by atoms with Crippen LogP contribution in [0.2, 0.25) is 0 Å². The average molecular weight is 462 g/mol. The van der Waals surface area contributed by atoms with Crippen molar-refractivity contribution >= 4 is 18.0 Å². The van der Waals surface area contributed by atoms with Gasteiger partial charge >= 0.3 is 6.03 Å². The molecule has 178 valence electrons. The van der Waals surface area contributed by atoms with E-state index in [0.29, 0.717) is 32.2 Å². The van der Waals surface area contributed by atoms with Crippen LogP contribution in [0.15, 0.2) is 58.6 Å². The number of aromatic nitrogens is 1. The Morgan fingerprint density at radius 1 is 1.03 bits per heavy atom. The summed E-state index contributed by atoms with van der Waals surface area (Å²) >= 11 is 0. The second kappa shape index (κ2) is 10.9. The number of carbonyl (C=O) groups is 1. The van der Waals surface area contributed by atoms with Gasteiger partial charge in [-0.05, 0) is 69.0 Å². The van der Waals surface area contributed by atoms with Gasteiger partial charge in [-0.25, -0.2) is 4.79 Å². The van der Waals surface area contributed by atoms with Crippen LogP contribution in [-0.4, -0.2) is 42.4 Å². The molecule has 1 N–H and O–H groups in total. The summed E-state index contributed by atoms with van der Waals surface area (Å²) in [5, 5.41) is 6.71. The number of carbonyl (C=O) groups excluding carboxylic acids is 1. The molecule has 2 aromatic carbocycles. The number of nitrogens with one attached hydrogen (secondary N) is 1. The Bertz CT molecular complexity index is 1160. The third-order valence-electron chi connectivity index (χ3n) is 5.91. The summed E-state index contributed by atoms with van der Waals surface area (Å²) < 4.78 is 16.8. The molecular weight excluding hydrogens is 430 g/mol. The van der Waals surface area contributed by atoms with Gasteiger partial charge in [-0.3, -0.25) is 5.32 Å². The molecule has 1 fully saturated rings. The lowest BCUT2D eigenvalue weighted by molar-refractivity contribution is 0.207. The Balaban J connectivity index is 1.24. The van der Waals surface area contributed by atoms with E-state index >= 15 is 0 Å². The lowest BCUT2D eigenvalue weighted by Gasteiger charge is -2.28. The van der Waals surface area contributed by atoms with Crippen LogP contribution in [0.5, 0.6) is 11.5 Å². The maximum Gasteiger partial charge on any atom is 0.324 e. The van der Waals surface area contributed by atoms with Crippen molar-refractivity contribution in [2.24, 2.45) is 0 Å². The van der Waals surface area contributed by atoms with Gasteiger partial charge < -0.3 is 18.9 Å². The van der Waals surface area contributed by atoms with Crippen LogP contribution in [0.3, 0.4) is 0 Å². The summed E-state index contributed by atoms with van der Waals surface area (Å²) in [4.78, 5) is 14.4. The third-order valence-corrected chi connectivity index (χ3v) is 5.91. The Kier molecular flexibility index (Phi) is 7.52. The first-order chi connectivity index (χ1) is 16.5. The molecule has 4 rings (SSSR count). The smallest absolute Gasteiger partial charge is 0.324 e. The van der Waals surface area contributed by atoms with Gasteiger partial charge in [0.25, 0.3) is 0 Å². The van der Waals surface area contributed by atoms with Gasteiger partial charge in [-0.15, -0.1) is 0 Å². The predicted molar refractivity (Wildman–Crippen MR) is 132 cm³/mol. The Morgan fingerprint density at radius 2 is 1.71 bits per heavy atom. The summed E-state index contributed by atoms with van der Waals surface area (Å²) in [5.74, 6) is 2.09. The van der Waals surface area contributed by atoms with E-state index < -0.39 is 0 Å². The zero-order chi connectivity index (χ0) is 23.9. The molecule has 1 aliphatic heterocycles. The largest absolute Gasteiger partial charge is 0.490 e. The number of ether oxygens (including phenoxy) is 2. The maximum absolute atomic E-state index is 12.6. The van der Waals surface area contributed by atoms with E-state index in [9.17, 15) is 4.79 Å². The summed E-state index contributed by atoms with van der Waals surface area (Å²) in [6.07, 6.45) is 3.85. The van der Waals surface area contributed by atoms with Crippen LogP contribution in [0.25, 0.3) is 6.08 Å². The molecular formula is C27H31N3O4. The first-order valence-electron chi connectivity index (χ1n) is 11.6. The molecule has 0 bridgehead atoms. The number of rotatable bonds is 7. The van der Waals surface area contributed by atoms with Crippen molar-refractivity contribution in [3.63, 3.8) is 0 Å². The highest BCUT2D eigenvalue weighted by atomic mass is 16.5. The molecule has 0 atom stereocenters. The summed E-state index contributed by atoms with van der Waals surface area (Å²) in [7, 11) is 0. The molecule has 34 heavy (non-hydrogen) atoms. The van der Waals surface area contributed by atoms with Crippen molar-refractivity contribution in [1.82, 2.24) is 10.1 Å². The quantitative estimate of drug-likeness (QED) is 0.452. The zero-order valence-corrected chi connectivity index (χ0v) is 20.0. The number of urea groups is 1. The Labute approximate surface area is 200 Å². The summed E-state index contributed by atoms with van der Waals surface area (Å²) in [6.45, 7) is 8.07. The van der Waals surface area contributed by atoms with E-state index in [-0.39, 0.29) is 6.03 Å². The molecule has 1 aromatic heterocycles. The van der Waals surface area contributed by atoms with E-state index in [4.69, 9.17) is 14.0 Å².